The number of rotatable bonds is 2. The Bertz CT molecular complexity index is 98.2. The third kappa shape index (κ3) is 3.24. The van der Waals surface area contributed by atoms with Crippen molar-refractivity contribution in [2.24, 2.45) is 0 Å². The number of halogens is 1. The Kier molecular flexibility index (Phi) is 5.49. The van der Waals surface area contributed by atoms with Gasteiger partial charge in [0.15, 0.2) is 0 Å². The molecule has 0 aromatic heterocycles. The van der Waals surface area contributed by atoms with Crippen LogP contribution in [0.3, 0.4) is 0 Å². The Labute approximate surface area is 64.8 Å². The van der Waals surface area contributed by atoms with E-state index >= 15 is 0 Å². The highest BCUT2D eigenvalue weighted by molar-refractivity contribution is 14.1. The zero-order chi connectivity index (χ0) is 6.41. The van der Waals surface area contributed by atoms with Gasteiger partial charge in [-0.2, -0.15) is 0 Å². The fraction of sp³-hybridized carbons (Fsp3) is 0.429. The summed E-state index contributed by atoms with van der Waals surface area (Å²) in [6.45, 7) is 4.19. The molecular formula is C7H11I. The maximum Gasteiger partial charge on any atom is -0.0202 e. The van der Waals surface area contributed by atoms with Crippen LogP contribution >= 0.6 is 22.6 Å². The molecule has 0 rings (SSSR count). The van der Waals surface area contributed by atoms with Gasteiger partial charge >= 0.3 is 0 Å². The monoisotopic (exact) mass is 222 g/mol. The predicted octanol–water partition coefficient (Wildman–Crippen LogP) is 3.29. The van der Waals surface area contributed by atoms with Crippen molar-refractivity contribution in [3.05, 3.63) is 21.8 Å². The van der Waals surface area contributed by atoms with Crippen LogP contribution in [0.2, 0.25) is 0 Å². The van der Waals surface area contributed by atoms with Crippen LogP contribution in [0.25, 0.3) is 0 Å². The van der Waals surface area contributed by atoms with Gasteiger partial charge in [0, 0.05) is 0 Å². The van der Waals surface area contributed by atoms with E-state index in [9.17, 15) is 0 Å². The molecule has 0 N–H and O–H groups in total. The van der Waals surface area contributed by atoms with Crippen molar-refractivity contribution in [1.82, 2.24) is 0 Å². The van der Waals surface area contributed by atoms with E-state index in [1.54, 1.807) is 0 Å². The molecule has 0 nitrogen and oxygen atoms in total. The number of allylic oxidation sites excluding steroid dienone is 3. The van der Waals surface area contributed by atoms with Crippen LogP contribution in [0.5, 0.6) is 0 Å². The Balaban J connectivity index is 3.72. The van der Waals surface area contributed by atoms with Crippen molar-refractivity contribution >= 4 is 22.6 Å². The maximum atomic E-state index is 2.26. The molecule has 1 heteroatoms. The third-order valence-electron chi connectivity index (χ3n) is 0.929. The minimum atomic E-state index is 1.13. The molecule has 0 spiro atoms. The average molecular weight is 222 g/mol. The Morgan fingerprint density at radius 1 is 1.62 bits per heavy atom. The van der Waals surface area contributed by atoms with Crippen molar-refractivity contribution in [1.29, 1.82) is 0 Å². The second kappa shape index (κ2) is 5.35. The molecule has 0 saturated carbocycles. The highest BCUT2D eigenvalue weighted by Crippen LogP contribution is 2.04. The molecule has 0 heterocycles. The van der Waals surface area contributed by atoms with Gasteiger partial charge in [-0.05, 0) is 23.0 Å². The molecule has 0 radical (unpaired) electrons. The summed E-state index contributed by atoms with van der Waals surface area (Å²) in [5.74, 6) is 0. The minimum Gasteiger partial charge on any atom is -0.0874 e. The number of hydrogen-bond acceptors (Lipinski definition) is 0. The van der Waals surface area contributed by atoms with Crippen molar-refractivity contribution < 1.29 is 0 Å². The molecule has 8 heavy (non-hydrogen) atoms. The summed E-state index contributed by atoms with van der Waals surface area (Å²) >= 11 is 2.26. The van der Waals surface area contributed by atoms with Gasteiger partial charge in [-0.25, -0.2) is 0 Å². The zero-order valence-electron chi connectivity index (χ0n) is 5.32. The lowest BCUT2D eigenvalue weighted by molar-refractivity contribution is 1.16. The molecule has 0 unspecified atom stereocenters. The van der Waals surface area contributed by atoms with E-state index in [4.69, 9.17) is 0 Å². The predicted molar refractivity (Wildman–Crippen MR) is 47.2 cm³/mol. The van der Waals surface area contributed by atoms with E-state index < -0.39 is 0 Å². The SMILES string of the molecule is CC=CC(=CI)CC. The van der Waals surface area contributed by atoms with Crippen LogP contribution in [0, 0.1) is 0 Å². The van der Waals surface area contributed by atoms with Crippen LogP contribution in [0.15, 0.2) is 21.8 Å². The first-order chi connectivity index (χ1) is 3.85. The molecule has 0 saturated heterocycles. The minimum absolute atomic E-state index is 1.13. The van der Waals surface area contributed by atoms with Gasteiger partial charge in [0.2, 0.25) is 0 Å². The fourth-order valence-corrected chi connectivity index (χ4v) is 1.09. The Morgan fingerprint density at radius 3 is 2.38 bits per heavy atom. The van der Waals surface area contributed by atoms with E-state index in [-0.39, 0.29) is 0 Å². The van der Waals surface area contributed by atoms with Crippen LogP contribution in [-0.2, 0) is 0 Å². The van der Waals surface area contributed by atoms with Crippen LogP contribution < -0.4 is 0 Å². The third-order valence-corrected chi connectivity index (χ3v) is 1.73. The highest BCUT2D eigenvalue weighted by Gasteiger charge is 1.80. The Hall–Kier alpha value is 0.210. The summed E-state index contributed by atoms with van der Waals surface area (Å²) in [4.78, 5) is 0. The van der Waals surface area contributed by atoms with E-state index in [1.807, 2.05) is 6.92 Å². The zero-order valence-corrected chi connectivity index (χ0v) is 7.47. The molecule has 0 atom stereocenters. The summed E-state index contributed by atoms with van der Waals surface area (Å²) in [5, 5.41) is 0. The highest BCUT2D eigenvalue weighted by atomic mass is 127. The second-order valence-corrected chi connectivity index (χ2v) is 2.16. The van der Waals surface area contributed by atoms with Crippen molar-refractivity contribution in [2.75, 3.05) is 0 Å². The van der Waals surface area contributed by atoms with Crippen molar-refractivity contribution in [3.8, 4) is 0 Å². The van der Waals surface area contributed by atoms with Crippen molar-refractivity contribution in [3.63, 3.8) is 0 Å². The van der Waals surface area contributed by atoms with Gasteiger partial charge in [0.05, 0.1) is 0 Å². The number of hydrogen-bond donors (Lipinski definition) is 0. The molecule has 0 amide bonds. The molecule has 46 valence electrons. The molecular weight excluding hydrogens is 211 g/mol. The van der Waals surface area contributed by atoms with Crippen LogP contribution in [0.1, 0.15) is 20.3 Å². The normalized spacial score (nSPS) is 13.1. The Morgan fingerprint density at radius 2 is 2.25 bits per heavy atom. The molecule has 0 aliphatic carbocycles. The lowest BCUT2D eigenvalue weighted by atomic mass is 10.2. The molecule has 0 aromatic carbocycles. The lowest BCUT2D eigenvalue weighted by Gasteiger charge is -1.89. The molecule has 0 aliphatic rings. The second-order valence-electron chi connectivity index (χ2n) is 1.54. The average Bonchev–Trinajstić information content (AvgIpc) is 1.83. The van der Waals surface area contributed by atoms with Gasteiger partial charge in [-0.1, -0.05) is 41.7 Å². The fourth-order valence-electron chi connectivity index (χ4n) is 0.445. The summed E-state index contributed by atoms with van der Waals surface area (Å²) < 4.78 is 2.11. The van der Waals surface area contributed by atoms with Crippen LogP contribution in [0.4, 0.5) is 0 Å². The maximum absolute atomic E-state index is 2.26. The lowest BCUT2D eigenvalue weighted by Crippen LogP contribution is -1.67. The molecule has 0 aliphatic heterocycles. The molecule has 0 aromatic rings. The van der Waals surface area contributed by atoms with Gasteiger partial charge in [-0.15, -0.1) is 0 Å². The molecule has 0 bridgehead atoms. The van der Waals surface area contributed by atoms with Gasteiger partial charge < -0.3 is 0 Å². The van der Waals surface area contributed by atoms with E-state index in [2.05, 4.69) is 45.7 Å². The summed E-state index contributed by atoms with van der Waals surface area (Å²) in [6, 6.07) is 0. The van der Waals surface area contributed by atoms with Crippen LogP contribution in [-0.4, -0.2) is 0 Å². The first kappa shape index (κ1) is 8.21. The van der Waals surface area contributed by atoms with E-state index in [0.717, 1.165) is 6.42 Å². The van der Waals surface area contributed by atoms with Gasteiger partial charge in [-0.3, -0.25) is 0 Å². The van der Waals surface area contributed by atoms with Gasteiger partial charge in [0.1, 0.15) is 0 Å². The van der Waals surface area contributed by atoms with Gasteiger partial charge in [0.25, 0.3) is 0 Å². The van der Waals surface area contributed by atoms with E-state index in [0.29, 0.717) is 0 Å². The first-order valence-corrected chi connectivity index (χ1v) is 4.01. The largest absolute Gasteiger partial charge is 0.0874 e. The topological polar surface area (TPSA) is 0 Å². The standard InChI is InChI=1S/C7H11I/c1-3-5-7(4-2)6-8/h3,5-6H,4H2,1-2H3. The summed E-state index contributed by atoms with van der Waals surface area (Å²) in [5.41, 5.74) is 1.40. The first-order valence-electron chi connectivity index (χ1n) is 2.77. The molecule has 0 fully saturated rings. The summed E-state index contributed by atoms with van der Waals surface area (Å²) in [7, 11) is 0. The quantitative estimate of drug-likeness (QED) is 0.496. The smallest absolute Gasteiger partial charge is 0.0202 e. The van der Waals surface area contributed by atoms with E-state index in [1.165, 1.54) is 5.57 Å². The van der Waals surface area contributed by atoms with Crippen molar-refractivity contribution in [2.45, 2.75) is 20.3 Å². The summed E-state index contributed by atoms with van der Waals surface area (Å²) in [6.07, 6.45) is 5.33.